The monoisotopic (exact) mass is 405 g/mol. The summed E-state index contributed by atoms with van der Waals surface area (Å²) in [6.07, 6.45) is -4.46. The van der Waals surface area contributed by atoms with Gasteiger partial charge in [0.15, 0.2) is 0 Å². The first-order valence-electron chi connectivity index (χ1n) is 8.48. The maximum atomic E-state index is 12.9. The van der Waals surface area contributed by atoms with Gasteiger partial charge in [-0.1, -0.05) is 60.2 Å². The maximum absolute atomic E-state index is 12.9. The number of alkyl halides is 3. The summed E-state index contributed by atoms with van der Waals surface area (Å²) in [7, 11) is -3.88. The summed E-state index contributed by atoms with van der Waals surface area (Å²) in [4.78, 5) is 0.0824. The zero-order chi connectivity index (χ0) is 20.4. The number of rotatable bonds is 5. The smallest absolute Gasteiger partial charge is 0.207 e. The third-order valence-corrected chi connectivity index (χ3v) is 5.75. The number of benzene rings is 3. The van der Waals surface area contributed by atoms with E-state index in [4.69, 9.17) is 0 Å². The van der Waals surface area contributed by atoms with E-state index in [2.05, 4.69) is 4.72 Å². The molecule has 0 fully saturated rings. The van der Waals surface area contributed by atoms with Gasteiger partial charge >= 0.3 is 6.18 Å². The average Bonchev–Trinajstić information content (AvgIpc) is 2.67. The van der Waals surface area contributed by atoms with Gasteiger partial charge in [-0.05, 0) is 42.3 Å². The van der Waals surface area contributed by atoms with Crippen molar-refractivity contribution in [3.63, 3.8) is 0 Å². The Balaban J connectivity index is 2.02. The summed E-state index contributed by atoms with van der Waals surface area (Å²) in [5.74, 6) is 0. The molecule has 0 aliphatic carbocycles. The summed E-state index contributed by atoms with van der Waals surface area (Å²) >= 11 is 0. The van der Waals surface area contributed by atoms with Crippen LogP contribution in [0.2, 0.25) is 0 Å². The van der Waals surface area contributed by atoms with Crippen molar-refractivity contribution in [2.75, 3.05) is 0 Å². The van der Waals surface area contributed by atoms with Crippen LogP contribution in [0, 0.1) is 6.92 Å². The molecule has 1 unspecified atom stereocenters. The topological polar surface area (TPSA) is 46.2 Å². The highest BCUT2D eigenvalue weighted by molar-refractivity contribution is 7.89. The molecule has 0 saturated carbocycles. The van der Waals surface area contributed by atoms with Gasteiger partial charge in [0.25, 0.3) is 0 Å². The van der Waals surface area contributed by atoms with Crippen LogP contribution in [0.5, 0.6) is 0 Å². The van der Waals surface area contributed by atoms with E-state index < -0.39 is 27.8 Å². The molecule has 0 amide bonds. The van der Waals surface area contributed by atoms with E-state index in [0.717, 1.165) is 17.7 Å². The van der Waals surface area contributed by atoms with Crippen LogP contribution in [-0.2, 0) is 16.2 Å². The molecule has 28 heavy (non-hydrogen) atoms. The molecule has 3 rings (SSSR count). The van der Waals surface area contributed by atoms with E-state index >= 15 is 0 Å². The average molecular weight is 405 g/mol. The molecule has 0 heterocycles. The number of halogens is 3. The van der Waals surface area contributed by atoms with Crippen LogP contribution in [0.1, 0.15) is 28.3 Å². The summed E-state index contributed by atoms with van der Waals surface area (Å²) in [6.45, 7) is 1.89. The Labute approximate surface area is 161 Å². The highest BCUT2D eigenvalue weighted by Crippen LogP contribution is 2.31. The van der Waals surface area contributed by atoms with E-state index in [1.807, 2.05) is 19.1 Å². The lowest BCUT2D eigenvalue weighted by Crippen LogP contribution is -2.29. The normalized spacial score (nSPS) is 13.3. The van der Waals surface area contributed by atoms with Gasteiger partial charge in [0.1, 0.15) is 0 Å². The highest BCUT2D eigenvalue weighted by Gasteiger charge is 2.31. The van der Waals surface area contributed by atoms with Gasteiger partial charge in [-0.2, -0.15) is 17.9 Å². The first-order chi connectivity index (χ1) is 13.2. The molecule has 3 nitrogen and oxygen atoms in total. The predicted molar refractivity (Wildman–Crippen MR) is 101 cm³/mol. The van der Waals surface area contributed by atoms with E-state index in [-0.39, 0.29) is 4.90 Å². The van der Waals surface area contributed by atoms with Gasteiger partial charge in [-0.3, -0.25) is 0 Å². The number of nitrogens with one attached hydrogen (secondary N) is 1. The van der Waals surface area contributed by atoms with Crippen molar-refractivity contribution in [1.82, 2.24) is 4.72 Å². The molecule has 0 aliphatic rings. The number of hydrogen-bond donors (Lipinski definition) is 1. The second-order valence-electron chi connectivity index (χ2n) is 6.40. The van der Waals surface area contributed by atoms with Gasteiger partial charge < -0.3 is 0 Å². The van der Waals surface area contributed by atoms with Crippen LogP contribution in [0.4, 0.5) is 13.2 Å². The molecule has 7 heteroatoms. The minimum absolute atomic E-state index is 0.0824. The zero-order valence-electron chi connectivity index (χ0n) is 14.9. The van der Waals surface area contributed by atoms with Gasteiger partial charge in [-0.15, -0.1) is 0 Å². The van der Waals surface area contributed by atoms with Crippen LogP contribution in [0.3, 0.4) is 0 Å². The standard InChI is InChI=1S/C21H18F3NO2S/c1-15-7-9-16(10-8-15)20(17-11-13-18(14-12-17)21(22,23)24)25-28(26,27)19-5-3-2-4-6-19/h2-14,20,25H,1H3. The van der Waals surface area contributed by atoms with Crippen molar-refractivity contribution < 1.29 is 21.6 Å². The second-order valence-corrected chi connectivity index (χ2v) is 8.11. The molecule has 0 radical (unpaired) electrons. The fourth-order valence-electron chi connectivity index (χ4n) is 2.77. The lowest BCUT2D eigenvalue weighted by Gasteiger charge is -2.21. The number of sulfonamides is 1. The lowest BCUT2D eigenvalue weighted by atomic mass is 9.98. The van der Waals surface area contributed by atoms with E-state index in [1.54, 1.807) is 30.3 Å². The zero-order valence-corrected chi connectivity index (χ0v) is 15.8. The molecule has 3 aromatic carbocycles. The molecule has 0 bridgehead atoms. The molecule has 0 aromatic heterocycles. The molecule has 3 aromatic rings. The molecule has 0 saturated heterocycles. The van der Waals surface area contributed by atoms with Crippen LogP contribution in [0.15, 0.2) is 83.8 Å². The summed E-state index contributed by atoms with van der Waals surface area (Å²) in [5, 5.41) is 0. The molecule has 0 aliphatic heterocycles. The SMILES string of the molecule is Cc1ccc(C(NS(=O)(=O)c2ccccc2)c2ccc(C(F)(F)F)cc2)cc1. The van der Waals surface area contributed by atoms with Crippen LogP contribution >= 0.6 is 0 Å². The Hall–Kier alpha value is -2.64. The van der Waals surface area contributed by atoms with Gasteiger partial charge in [0.2, 0.25) is 10.0 Å². The third-order valence-electron chi connectivity index (χ3n) is 4.31. The van der Waals surface area contributed by atoms with Crippen LogP contribution in [0.25, 0.3) is 0 Å². The van der Waals surface area contributed by atoms with E-state index in [9.17, 15) is 21.6 Å². The Morgan fingerprint density at radius 1 is 0.786 bits per heavy atom. The van der Waals surface area contributed by atoms with Crippen molar-refractivity contribution in [2.45, 2.75) is 24.0 Å². The second kappa shape index (κ2) is 7.77. The Morgan fingerprint density at radius 2 is 1.29 bits per heavy atom. The number of hydrogen-bond acceptors (Lipinski definition) is 2. The first-order valence-corrected chi connectivity index (χ1v) is 9.96. The molecule has 1 N–H and O–H groups in total. The quantitative estimate of drug-likeness (QED) is 0.643. The summed E-state index contributed by atoms with van der Waals surface area (Å²) < 4.78 is 66.8. The maximum Gasteiger partial charge on any atom is 0.416 e. The third kappa shape index (κ3) is 4.61. The lowest BCUT2D eigenvalue weighted by molar-refractivity contribution is -0.137. The van der Waals surface area contributed by atoms with Gasteiger partial charge in [0.05, 0.1) is 16.5 Å². The number of aryl methyl sites for hydroxylation is 1. The van der Waals surface area contributed by atoms with Crippen LogP contribution in [-0.4, -0.2) is 8.42 Å². The molecular weight excluding hydrogens is 387 g/mol. The largest absolute Gasteiger partial charge is 0.416 e. The van der Waals surface area contributed by atoms with E-state index in [1.165, 1.54) is 24.3 Å². The molecule has 1 atom stereocenters. The summed E-state index contributed by atoms with van der Waals surface area (Å²) in [5.41, 5.74) is 1.24. The summed E-state index contributed by atoms with van der Waals surface area (Å²) in [6, 6.07) is 18.6. The molecule has 0 spiro atoms. The van der Waals surface area contributed by atoms with Crippen molar-refractivity contribution in [3.8, 4) is 0 Å². The predicted octanol–water partition coefficient (Wildman–Crippen LogP) is 5.08. The Morgan fingerprint density at radius 3 is 1.79 bits per heavy atom. The fourth-order valence-corrected chi connectivity index (χ4v) is 4.01. The van der Waals surface area contributed by atoms with E-state index in [0.29, 0.717) is 11.1 Å². The molecule has 146 valence electrons. The van der Waals surface area contributed by atoms with Gasteiger partial charge in [0, 0.05) is 0 Å². The van der Waals surface area contributed by atoms with Crippen molar-refractivity contribution in [3.05, 3.63) is 101 Å². The Kier molecular flexibility index (Phi) is 5.58. The Bertz CT molecular complexity index is 1030. The highest BCUT2D eigenvalue weighted by atomic mass is 32.2. The molecular formula is C21H18F3NO2S. The minimum atomic E-state index is -4.46. The van der Waals surface area contributed by atoms with Gasteiger partial charge in [-0.25, -0.2) is 8.42 Å². The minimum Gasteiger partial charge on any atom is -0.207 e. The fraction of sp³-hybridized carbons (Fsp3) is 0.143. The van der Waals surface area contributed by atoms with Crippen molar-refractivity contribution in [1.29, 1.82) is 0 Å². The van der Waals surface area contributed by atoms with Crippen molar-refractivity contribution >= 4 is 10.0 Å². The first kappa shape index (κ1) is 20.1. The van der Waals surface area contributed by atoms with Crippen molar-refractivity contribution in [2.24, 2.45) is 0 Å². The van der Waals surface area contributed by atoms with Crippen LogP contribution < -0.4 is 4.72 Å².